The zero-order chi connectivity index (χ0) is 33.1. The van der Waals surface area contributed by atoms with Crippen LogP contribution in [0.5, 0.6) is 0 Å². The Morgan fingerprint density at radius 3 is 2.09 bits per heavy atom. The van der Waals surface area contributed by atoms with Gasteiger partial charge in [0.1, 0.15) is 18.8 Å². The number of methoxy groups -OCH3 is 1. The molecule has 244 valence electrons. The predicted molar refractivity (Wildman–Crippen MR) is 166 cm³/mol. The molecule has 0 bridgehead atoms. The fourth-order valence-corrected chi connectivity index (χ4v) is 7.99. The highest BCUT2D eigenvalue weighted by atomic mass is 32.2. The van der Waals surface area contributed by atoms with Crippen LogP contribution in [0.1, 0.15) is 53.3 Å². The second-order valence-corrected chi connectivity index (χ2v) is 25.3. The average Bonchev–Trinajstić information content (AvgIpc) is 3.27. The maximum absolute atomic E-state index is 13.8. The van der Waals surface area contributed by atoms with E-state index >= 15 is 0 Å². The fraction of sp³-hybridized carbons (Fsp3) is 0.741. The third-order valence-electron chi connectivity index (χ3n) is 9.23. The first-order valence-electron chi connectivity index (χ1n) is 14.1. The molecule has 1 saturated heterocycles. The second-order valence-electron chi connectivity index (χ2n) is 14.3. The van der Waals surface area contributed by atoms with Crippen molar-refractivity contribution in [2.75, 3.05) is 13.7 Å². The lowest BCUT2D eigenvalue weighted by atomic mass is 9.89. The number of nitrogens with zero attached hydrogens (tertiary/aromatic N) is 2. The van der Waals surface area contributed by atoms with Gasteiger partial charge in [-0.15, -0.1) is 0 Å². The minimum Gasteiger partial charge on any atom is -0.468 e. The summed E-state index contributed by atoms with van der Waals surface area (Å²) in [5.74, 6) is -0.799. The van der Waals surface area contributed by atoms with Crippen molar-refractivity contribution in [2.45, 2.75) is 115 Å². The lowest BCUT2D eigenvalue weighted by molar-refractivity contribution is -0.141. The van der Waals surface area contributed by atoms with Crippen molar-refractivity contribution in [3.05, 3.63) is 43.7 Å². The van der Waals surface area contributed by atoms with Crippen LogP contribution in [0.15, 0.2) is 26.9 Å². The van der Waals surface area contributed by atoms with E-state index in [0.29, 0.717) is 0 Å². The van der Waals surface area contributed by atoms with Crippen molar-refractivity contribution in [3.8, 4) is 0 Å². The van der Waals surface area contributed by atoms with Crippen LogP contribution >= 0.6 is 0 Å². The third kappa shape index (κ3) is 6.51. The minimum atomic E-state index is -4.26. The first-order chi connectivity index (χ1) is 19.3. The molecule has 0 aliphatic carbocycles. The number of carbonyl (C=O) groups excluding carboxylic acids is 1. The van der Waals surface area contributed by atoms with Crippen LogP contribution < -0.4 is 17.0 Å². The Morgan fingerprint density at radius 2 is 1.63 bits per heavy atom. The van der Waals surface area contributed by atoms with Crippen molar-refractivity contribution < 1.29 is 35.7 Å². The van der Waals surface area contributed by atoms with Crippen LogP contribution in [-0.2, 0) is 44.0 Å². The number of carbonyl (C=O) groups is 1. The lowest BCUT2D eigenvalue weighted by Crippen LogP contribution is -2.59. The van der Waals surface area contributed by atoms with Crippen molar-refractivity contribution in [2.24, 2.45) is 5.73 Å². The zero-order valence-corrected chi connectivity index (χ0v) is 30.1. The molecule has 4 unspecified atom stereocenters. The number of hydrogen-bond acceptors (Lipinski definition) is 11. The summed E-state index contributed by atoms with van der Waals surface area (Å²) in [6.45, 7) is 21.0. The first kappa shape index (κ1) is 35.4. The van der Waals surface area contributed by atoms with Gasteiger partial charge >= 0.3 is 11.7 Å². The number of nitrogens with two attached hydrogens (primary N) is 1. The Hall–Kier alpha value is -2.09. The van der Waals surface area contributed by atoms with Gasteiger partial charge in [-0.2, -0.15) is 8.42 Å². The summed E-state index contributed by atoms with van der Waals surface area (Å²) >= 11 is 0. The number of aryl methyl sites for hydroxylation is 1. The Balaban J connectivity index is 2.31. The Bertz CT molecular complexity index is 1520. The van der Waals surface area contributed by atoms with Crippen LogP contribution in [0.25, 0.3) is 0 Å². The molecule has 2 aliphatic rings. The molecule has 0 amide bonds. The van der Waals surface area contributed by atoms with Gasteiger partial charge < -0.3 is 24.1 Å². The van der Waals surface area contributed by atoms with Crippen molar-refractivity contribution >= 4 is 32.7 Å². The number of aromatic nitrogens is 2. The summed E-state index contributed by atoms with van der Waals surface area (Å²) in [6.07, 6.45) is -2.38. The summed E-state index contributed by atoms with van der Waals surface area (Å²) in [7, 11) is -8.26. The molecule has 1 aromatic rings. The van der Waals surface area contributed by atoms with E-state index < -0.39 is 74.6 Å². The monoisotopic (exact) mass is 661 g/mol. The molecule has 1 fully saturated rings. The van der Waals surface area contributed by atoms with Crippen molar-refractivity contribution in [1.82, 2.24) is 9.13 Å². The van der Waals surface area contributed by atoms with Crippen LogP contribution in [0.3, 0.4) is 0 Å². The normalized spacial score (nSPS) is 26.1. The Morgan fingerprint density at radius 1 is 1.07 bits per heavy atom. The van der Waals surface area contributed by atoms with Gasteiger partial charge in [0.25, 0.3) is 15.7 Å². The molecule has 3 rings (SSSR count). The van der Waals surface area contributed by atoms with Crippen molar-refractivity contribution in [1.29, 1.82) is 0 Å². The molecule has 2 N–H and O–H groups in total. The van der Waals surface area contributed by atoms with Gasteiger partial charge in [-0.1, -0.05) is 41.5 Å². The summed E-state index contributed by atoms with van der Waals surface area (Å²) < 4.78 is 58.1. The van der Waals surface area contributed by atoms with Gasteiger partial charge in [0.15, 0.2) is 28.5 Å². The highest BCUT2D eigenvalue weighted by Crippen LogP contribution is 2.52. The second kappa shape index (κ2) is 11.4. The largest absolute Gasteiger partial charge is 0.468 e. The van der Waals surface area contributed by atoms with E-state index in [2.05, 4.69) is 20.8 Å². The van der Waals surface area contributed by atoms with E-state index in [1.54, 1.807) is 0 Å². The smallest absolute Gasteiger partial charge is 0.333 e. The maximum Gasteiger partial charge on any atom is 0.333 e. The lowest BCUT2D eigenvalue weighted by Gasteiger charge is -2.43. The van der Waals surface area contributed by atoms with Gasteiger partial charge in [0.05, 0.1) is 24.8 Å². The number of ether oxygens (including phenoxy) is 2. The van der Waals surface area contributed by atoms with E-state index in [4.69, 9.17) is 28.2 Å². The number of esters is 1. The minimum absolute atomic E-state index is 0.107. The summed E-state index contributed by atoms with van der Waals surface area (Å²) in [5.41, 5.74) is 3.05. The SMILES string of the molecule is COC(=O)Cn1c(=O)c(C)cn(C2OC(CO[Si](C)(C)C(C)(C)C)C3(OS(=O)(=O)C=C3N)C2O[Si](C)(C)C(C)(C)C)c1=O. The summed E-state index contributed by atoms with van der Waals surface area (Å²) in [6, 6.07) is 0. The van der Waals surface area contributed by atoms with E-state index in [-0.39, 0.29) is 27.9 Å². The van der Waals surface area contributed by atoms with E-state index in [1.807, 2.05) is 47.0 Å². The van der Waals surface area contributed by atoms with Crippen LogP contribution in [0.2, 0.25) is 36.3 Å². The molecule has 43 heavy (non-hydrogen) atoms. The first-order valence-corrected chi connectivity index (χ1v) is 21.4. The highest BCUT2D eigenvalue weighted by molar-refractivity contribution is 7.90. The van der Waals surface area contributed by atoms with Crippen LogP contribution in [-0.4, -0.2) is 71.7 Å². The standard InChI is InChI=1S/C27H47N3O10SSi2/c1-17-13-30(24(33)29(22(17)32)14-20(31)36-8)23-21(39-43(11,12)26(5,6)7)27(18(28)16-41(34,35)40-27)19(38-23)15-37-42(9,10)25(2,3)4/h13,16,19,21,23H,14-15,28H2,1-12H3. The molecule has 2 aliphatic heterocycles. The molecular weight excluding hydrogens is 615 g/mol. The number of rotatable bonds is 8. The van der Waals surface area contributed by atoms with E-state index in [9.17, 15) is 22.8 Å². The molecule has 0 aromatic carbocycles. The molecule has 0 saturated carbocycles. The highest BCUT2D eigenvalue weighted by Gasteiger charge is 2.67. The molecular formula is C27H47N3O10SSi2. The van der Waals surface area contributed by atoms with Gasteiger partial charge in [-0.25, -0.2) is 13.5 Å². The summed E-state index contributed by atoms with van der Waals surface area (Å²) in [5, 5.41) is 0.303. The van der Waals surface area contributed by atoms with Gasteiger partial charge in [0.2, 0.25) is 0 Å². The topological polar surface area (TPSA) is 167 Å². The van der Waals surface area contributed by atoms with Crippen LogP contribution in [0, 0.1) is 6.92 Å². The average molecular weight is 662 g/mol. The molecule has 1 spiro atoms. The van der Waals surface area contributed by atoms with E-state index in [0.717, 1.165) is 21.7 Å². The van der Waals surface area contributed by atoms with E-state index in [1.165, 1.54) is 13.1 Å². The molecule has 1 aromatic heterocycles. The number of hydrogen-bond donors (Lipinski definition) is 1. The van der Waals surface area contributed by atoms with Gasteiger partial charge in [-0.3, -0.25) is 14.2 Å². The summed E-state index contributed by atoms with van der Waals surface area (Å²) in [4.78, 5) is 38.9. The molecule has 16 heteroatoms. The Labute approximate surface area is 255 Å². The molecule has 4 atom stereocenters. The fourth-order valence-electron chi connectivity index (χ4n) is 4.49. The Kier molecular flexibility index (Phi) is 9.36. The molecule has 3 heterocycles. The predicted octanol–water partition coefficient (Wildman–Crippen LogP) is 2.70. The van der Waals surface area contributed by atoms with Crippen molar-refractivity contribution in [3.63, 3.8) is 0 Å². The maximum atomic E-state index is 13.8. The third-order valence-corrected chi connectivity index (χ3v) is 19.2. The zero-order valence-electron chi connectivity index (χ0n) is 27.3. The van der Waals surface area contributed by atoms with Gasteiger partial charge in [-0.05, 0) is 43.2 Å². The molecule has 13 nitrogen and oxygen atoms in total. The van der Waals surface area contributed by atoms with Gasteiger partial charge in [0, 0.05) is 11.8 Å². The quantitative estimate of drug-likeness (QED) is 0.247. The van der Waals surface area contributed by atoms with Crippen LogP contribution in [0.4, 0.5) is 0 Å². The molecule has 0 radical (unpaired) electrons.